The van der Waals surface area contributed by atoms with Crippen molar-refractivity contribution in [1.29, 1.82) is 0 Å². The first-order valence-electron chi connectivity index (χ1n) is 9.14. The minimum absolute atomic E-state index is 0.283. The lowest BCUT2D eigenvalue weighted by Gasteiger charge is -2.04. The highest BCUT2D eigenvalue weighted by Gasteiger charge is 2.19. The van der Waals surface area contributed by atoms with Gasteiger partial charge in [0.15, 0.2) is 15.7 Å². The molecule has 0 saturated heterocycles. The normalized spacial score (nSPS) is 12.1. The molecule has 0 atom stereocenters. The summed E-state index contributed by atoms with van der Waals surface area (Å²) < 4.78 is 25.6. The van der Waals surface area contributed by atoms with Gasteiger partial charge in [-0.3, -0.25) is 4.40 Å². The molecule has 0 radical (unpaired) electrons. The van der Waals surface area contributed by atoms with Crippen LogP contribution in [0.15, 0.2) is 71.8 Å². The molecule has 0 aliphatic rings. The van der Waals surface area contributed by atoms with Crippen LogP contribution in [-0.2, 0) is 9.84 Å². The van der Waals surface area contributed by atoms with Crippen molar-refractivity contribution in [3.05, 3.63) is 72.4 Å². The summed E-state index contributed by atoms with van der Waals surface area (Å²) in [5.41, 5.74) is 6.20. The van der Waals surface area contributed by atoms with Gasteiger partial charge in [0.05, 0.1) is 15.9 Å². The number of nitrogens with zero attached hydrogens (tertiary/aromatic N) is 3. The highest BCUT2D eigenvalue weighted by molar-refractivity contribution is 7.90. The van der Waals surface area contributed by atoms with Crippen LogP contribution >= 0.6 is 0 Å². The van der Waals surface area contributed by atoms with Crippen molar-refractivity contribution < 1.29 is 8.42 Å². The first kappa shape index (κ1) is 17.6. The molecule has 5 rings (SSSR count). The number of hydrogen-bond donors (Lipinski definition) is 1. The van der Waals surface area contributed by atoms with Gasteiger partial charge in [-0.05, 0) is 48.9 Å². The Morgan fingerprint density at radius 1 is 0.966 bits per heavy atom. The number of hydrogen-bond acceptors (Lipinski definition) is 4. The maximum absolute atomic E-state index is 11.8. The Kier molecular flexibility index (Phi) is 3.82. The van der Waals surface area contributed by atoms with Gasteiger partial charge in [-0.1, -0.05) is 24.3 Å². The number of aromatic nitrogens is 4. The van der Waals surface area contributed by atoms with Gasteiger partial charge in [0.1, 0.15) is 17.0 Å². The third kappa shape index (κ3) is 3.00. The molecule has 0 saturated carbocycles. The number of benzene rings is 2. The van der Waals surface area contributed by atoms with E-state index >= 15 is 0 Å². The Morgan fingerprint density at radius 2 is 1.76 bits per heavy atom. The molecule has 7 heteroatoms. The summed E-state index contributed by atoms with van der Waals surface area (Å²) in [5.74, 6) is 0.714. The van der Waals surface area contributed by atoms with Crippen molar-refractivity contribution in [1.82, 2.24) is 19.4 Å². The summed E-state index contributed by atoms with van der Waals surface area (Å²) in [6, 6.07) is 18.7. The number of H-pyrrole nitrogens is 1. The van der Waals surface area contributed by atoms with Gasteiger partial charge in [-0.15, -0.1) is 0 Å². The number of sulfone groups is 1. The second-order valence-electron chi connectivity index (χ2n) is 7.14. The fourth-order valence-corrected chi connectivity index (χ4v) is 4.15. The molecule has 6 nitrogen and oxygen atoms in total. The molecular formula is C22H18N4O2S. The summed E-state index contributed by atoms with van der Waals surface area (Å²) in [6.45, 7) is 2.04. The smallest absolute Gasteiger partial charge is 0.175 e. The molecule has 0 spiro atoms. The highest BCUT2D eigenvalue weighted by Crippen LogP contribution is 2.33. The molecule has 2 aromatic carbocycles. The minimum atomic E-state index is -3.25. The Labute approximate surface area is 167 Å². The van der Waals surface area contributed by atoms with Crippen LogP contribution in [0.2, 0.25) is 0 Å². The third-order valence-electron chi connectivity index (χ3n) is 4.95. The lowest BCUT2D eigenvalue weighted by atomic mass is 10.1. The molecule has 3 aromatic heterocycles. The summed E-state index contributed by atoms with van der Waals surface area (Å²) in [4.78, 5) is 13.3. The van der Waals surface area contributed by atoms with Crippen molar-refractivity contribution in [3.63, 3.8) is 0 Å². The predicted octanol–water partition coefficient (Wildman–Crippen LogP) is 4.26. The molecule has 0 fully saturated rings. The van der Waals surface area contributed by atoms with Crippen molar-refractivity contribution >= 4 is 26.5 Å². The van der Waals surface area contributed by atoms with Gasteiger partial charge < -0.3 is 4.98 Å². The van der Waals surface area contributed by atoms with Crippen LogP contribution < -0.4 is 0 Å². The van der Waals surface area contributed by atoms with Gasteiger partial charge in [0, 0.05) is 18.0 Å². The standard InChI is InChI=1S/C22H18N4O2S/c1-14-6-11-17-18(13-14)24-22(23-17)21-20(25-19-5-3-4-12-26(19)21)15-7-9-16(10-8-15)29(2,27)28/h3-13H,1-2H3,(H,23,24). The SMILES string of the molecule is Cc1ccc2nc(-c3c(-c4ccc(S(C)(=O)=O)cc4)nc4ccccn34)[nH]c2c1. The Bertz CT molecular complexity index is 1480. The largest absolute Gasteiger partial charge is 0.337 e. The highest BCUT2D eigenvalue weighted by atomic mass is 32.2. The quantitative estimate of drug-likeness (QED) is 0.489. The number of rotatable bonds is 3. The molecular weight excluding hydrogens is 384 g/mol. The fourth-order valence-electron chi connectivity index (χ4n) is 3.52. The second-order valence-corrected chi connectivity index (χ2v) is 9.16. The van der Waals surface area contributed by atoms with Crippen molar-refractivity contribution in [2.45, 2.75) is 11.8 Å². The molecule has 5 aromatic rings. The lowest BCUT2D eigenvalue weighted by Crippen LogP contribution is -1.96. The van der Waals surface area contributed by atoms with Crippen LogP contribution in [0.25, 0.3) is 39.5 Å². The molecule has 0 aliphatic carbocycles. The number of fused-ring (bicyclic) bond motifs is 2. The van der Waals surface area contributed by atoms with Gasteiger partial charge in [-0.2, -0.15) is 0 Å². The summed E-state index contributed by atoms with van der Waals surface area (Å²) >= 11 is 0. The molecule has 3 heterocycles. The van der Waals surface area contributed by atoms with E-state index in [4.69, 9.17) is 9.97 Å². The zero-order valence-electron chi connectivity index (χ0n) is 15.9. The van der Waals surface area contributed by atoms with Gasteiger partial charge in [-0.25, -0.2) is 18.4 Å². The van der Waals surface area contributed by atoms with Gasteiger partial charge in [0.25, 0.3) is 0 Å². The summed E-state index contributed by atoms with van der Waals surface area (Å²) in [7, 11) is -3.25. The van der Waals surface area contributed by atoms with Gasteiger partial charge in [0.2, 0.25) is 0 Å². The molecule has 0 amide bonds. The monoisotopic (exact) mass is 402 g/mol. The second kappa shape index (κ2) is 6.28. The molecule has 0 unspecified atom stereocenters. The van der Waals surface area contributed by atoms with Crippen LogP contribution in [-0.4, -0.2) is 34.0 Å². The lowest BCUT2D eigenvalue weighted by molar-refractivity contribution is 0.602. The van der Waals surface area contributed by atoms with Crippen LogP contribution in [0.4, 0.5) is 0 Å². The number of aromatic amines is 1. The van der Waals surface area contributed by atoms with E-state index in [0.717, 1.165) is 39.2 Å². The number of imidazole rings is 2. The fraction of sp³-hybridized carbons (Fsp3) is 0.0909. The van der Waals surface area contributed by atoms with Crippen LogP contribution in [0.3, 0.4) is 0 Å². The van der Waals surface area contributed by atoms with E-state index in [1.54, 1.807) is 24.3 Å². The summed E-state index contributed by atoms with van der Waals surface area (Å²) in [5, 5.41) is 0. The van der Waals surface area contributed by atoms with Gasteiger partial charge >= 0.3 is 0 Å². The maximum atomic E-state index is 11.8. The Morgan fingerprint density at radius 3 is 2.52 bits per heavy atom. The Balaban J connectivity index is 1.76. The molecule has 0 aliphatic heterocycles. The van der Waals surface area contributed by atoms with E-state index in [9.17, 15) is 8.42 Å². The van der Waals surface area contributed by atoms with Crippen molar-refractivity contribution in [3.8, 4) is 22.8 Å². The first-order chi connectivity index (χ1) is 13.9. The van der Waals surface area contributed by atoms with Crippen LogP contribution in [0, 0.1) is 6.92 Å². The zero-order chi connectivity index (χ0) is 20.2. The van der Waals surface area contributed by atoms with E-state index < -0.39 is 9.84 Å². The third-order valence-corrected chi connectivity index (χ3v) is 6.08. The minimum Gasteiger partial charge on any atom is -0.337 e. The number of pyridine rings is 1. The topological polar surface area (TPSA) is 80.1 Å². The average Bonchev–Trinajstić information content (AvgIpc) is 3.27. The summed E-state index contributed by atoms with van der Waals surface area (Å²) in [6.07, 6.45) is 3.15. The van der Waals surface area contributed by atoms with E-state index in [-0.39, 0.29) is 4.90 Å². The number of nitrogens with one attached hydrogen (secondary N) is 1. The maximum Gasteiger partial charge on any atom is 0.175 e. The van der Waals surface area contributed by atoms with E-state index in [1.807, 2.05) is 47.9 Å². The molecule has 29 heavy (non-hydrogen) atoms. The van der Waals surface area contributed by atoms with Crippen molar-refractivity contribution in [2.75, 3.05) is 6.26 Å². The first-order valence-corrected chi connectivity index (χ1v) is 11.0. The zero-order valence-corrected chi connectivity index (χ0v) is 16.7. The van der Waals surface area contributed by atoms with Crippen molar-refractivity contribution in [2.24, 2.45) is 0 Å². The average molecular weight is 402 g/mol. The number of aryl methyl sites for hydroxylation is 1. The van der Waals surface area contributed by atoms with Crippen LogP contribution in [0.5, 0.6) is 0 Å². The molecule has 0 bridgehead atoms. The Hall–Kier alpha value is -3.45. The molecule has 1 N–H and O–H groups in total. The predicted molar refractivity (Wildman–Crippen MR) is 114 cm³/mol. The molecule has 144 valence electrons. The van der Waals surface area contributed by atoms with E-state index in [0.29, 0.717) is 5.82 Å². The van der Waals surface area contributed by atoms with E-state index in [1.165, 1.54) is 6.26 Å². The van der Waals surface area contributed by atoms with Crippen LogP contribution in [0.1, 0.15) is 5.56 Å². The van der Waals surface area contributed by atoms with E-state index in [2.05, 4.69) is 11.1 Å².